The Hall–Kier alpha value is -2.00. The summed E-state index contributed by atoms with van der Waals surface area (Å²) in [5, 5.41) is 4.06. The predicted octanol–water partition coefficient (Wildman–Crippen LogP) is 3.43. The van der Waals surface area contributed by atoms with Gasteiger partial charge in [-0.1, -0.05) is 35.9 Å². The van der Waals surface area contributed by atoms with E-state index in [0.29, 0.717) is 31.1 Å². The molecule has 1 amide bonds. The highest BCUT2D eigenvalue weighted by Crippen LogP contribution is 2.14. The van der Waals surface area contributed by atoms with Crippen molar-refractivity contribution in [3.8, 4) is 5.75 Å². The quantitative estimate of drug-likeness (QED) is 0.357. The fraction of sp³-hybridized carbons (Fsp3) is 0.364. The van der Waals surface area contributed by atoms with Crippen LogP contribution in [0.1, 0.15) is 11.1 Å². The van der Waals surface area contributed by atoms with E-state index in [9.17, 15) is 4.79 Å². The Morgan fingerprint density at radius 2 is 1.73 bits per heavy atom. The largest absolute Gasteiger partial charge is 0.497 e. The highest BCUT2D eigenvalue weighted by Gasteiger charge is 2.23. The highest BCUT2D eigenvalue weighted by atomic mass is 127. The van der Waals surface area contributed by atoms with Crippen molar-refractivity contribution in [2.24, 2.45) is 4.99 Å². The number of carbonyl (C=O) groups is 1. The zero-order valence-corrected chi connectivity index (χ0v) is 20.4. The summed E-state index contributed by atoms with van der Waals surface area (Å²) in [5.74, 6) is 1.83. The summed E-state index contributed by atoms with van der Waals surface area (Å²) in [5.41, 5.74) is 2.10. The van der Waals surface area contributed by atoms with Gasteiger partial charge in [-0.2, -0.15) is 0 Å². The maximum atomic E-state index is 12.6. The van der Waals surface area contributed by atoms with E-state index in [-0.39, 0.29) is 29.9 Å². The Kier molecular flexibility index (Phi) is 9.71. The summed E-state index contributed by atoms with van der Waals surface area (Å²) in [4.78, 5) is 21.1. The molecule has 1 saturated heterocycles. The number of piperazine rings is 1. The van der Waals surface area contributed by atoms with Crippen LogP contribution in [0, 0.1) is 0 Å². The van der Waals surface area contributed by atoms with Crippen molar-refractivity contribution in [2.75, 3.05) is 40.3 Å². The molecule has 0 unspecified atom stereocenters. The second-order valence-electron chi connectivity index (χ2n) is 6.92. The number of halogens is 2. The van der Waals surface area contributed by atoms with E-state index < -0.39 is 0 Å². The van der Waals surface area contributed by atoms with Crippen LogP contribution in [-0.4, -0.2) is 62.0 Å². The summed E-state index contributed by atoms with van der Waals surface area (Å²) in [6.45, 7) is 3.56. The van der Waals surface area contributed by atoms with Gasteiger partial charge in [0.25, 0.3) is 0 Å². The van der Waals surface area contributed by atoms with Crippen molar-refractivity contribution in [3.05, 3.63) is 64.7 Å². The van der Waals surface area contributed by atoms with Gasteiger partial charge in [-0.25, -0.2) is 0 Å². The van der Waals surface area contributed by atoms with Gasteiger partial charge in [0.2, 0.25) is 5.91 Å². The Labute approximate surface area is 200 Å². The third-order valence-corrected chi connectivity index (χ3v) is 5.23. The molecule has 0 atom stereocenters. The van der Waals surface area contributed by atoms with Crippen LogP contribution in [0.3, 0.4) is 0 Å². The zero-order valence-electron chi connectivity index (χ0n) is 17.3. The van der Waals surface area contributed by atoms with Gasteiger partial charge in [0.1, 0.15) is 5.75 Å². The molecule has 1 heterocycles. The maximum Gasteiger partial charge on any atom is 0.227 e. The molecule has 2 aromatic carbocycles. The summed E-state index contributed by atoms with van der Waals surface area (Å²) in [7, 11) is 3.45. The summed E-state index contributed by atoms with van der Waals surface area (Å²) < 4.78 is 5.19. The van der Waals surface area contributed by atoms with Crippen molar-refractivity contribution in [2.45, 2.75) is 13.0 Å². The molecule has 6 nitrogen and oxygen atoms in total. The number of nitrogens with one attached hydrogen (secondary N) is 1. The lowest BCUT2D eigenvalue weighted by atomic mass is 10.1. The van der Waals surface area contributed by atoms with Crippen LogP contribution in [0.25, 0.3) is 0 Å². The minimum Gasteiger partial charge on any atom is -0.497 e. The number of ether oxygens (including phenoxy) is 1. The monoisotopic (exact) mass is 542 g/mol. The van der Waals surface area contributed by atoms with Crippen molar-refractivity contribution in [3.63, 3.8) is 0 Å². The van der Waals surface area contributed by atoms with Gasteiger partial charge in [0, 0.05) is 44.8 Å². The van der Waals surface area contributed by atoms with Gasteiger partial charge >= 0.3 is 0 Å². The average Bonchev–Trinajstić information content (AvgIpc) is 2.75. The number of amides is 1. The number of rotatable bonds is 5. The van der Waals surface area contributed by atoms with Crippen LogP contribution in [0.4, 0.5) is 0 Å². The van der Waals surface area contributed by atoms with E-state index in [4.69, 9.17) is 16.3 Å². The number of guanidine groups is 1. The van der Waals surface area contributed by atoms with Crippen LogP contribution in [0.5, 0.6) is 5.75 Å². The molecule has 0 aromatic heterocycles. The number of benzene rings is 2. The third kappa shape index (κ3) is 6.77. The number of hydrogen-bond donors (Lipinski definition) is 1. The second-order valence-corrected chi connectivity index (χ2v) is 7.36. The molecule has 30 heavy (non-hydrogen) atoms. The molecular formula is C22H28ClIN4O2. The standard InChI is InChI=1S/C22H27ClN4O2.HI/c1-24-22(25-16-17-6-8-20(29-2)9-7-17)27-12-10-26(11-13-27)21(28)15-18-4-3-5-19(23)14-18;/h3-9,14H,10-13,15-16H2,1-2H3,(H,24,25);1H. The number of aliphatic imine (C=N–C) groups is 1. The van der Waals surface area contributed by atoms with Crippen LogP contribution in [-0.2, 0) is 17.8 Å². The summed E-state index contributed by atoms with van der Waals surface area (Å²) in [6, 6.07) is 15.4. The molecule has 8 heteroatoms. The van der Waals surface area contributed by atoms with Crippen molar-refractivity contribution in [1.29, 1.82) is 0 Å². The molecule has 0 aliphatic carbocycles. The first kappa shape index (κ1) is 24.3. The molecule has 0 radical (unpaired) electrons. The highest BCUT2D eigenvalue weighted by molar-refractivity contribution is 14.0. The zero-order chi connectivity index (χ0) is 20.6. The van der Waals surface area contributed by atoms with Crippen LogP contribution in [0.2, 0.25) is 5.02 Å². The predicted molar refractivity (Wildman–Crippen MR) is 132 cm³/mol. The smallest absolute Gasteiger partial charge is 0.227 e. The molecule has 0 saturated carbocycles. The second kappa shape index (κ2) is 12.0. The van der Waals surface area contributed by atoms with Gasteiger partial charge in [0.05, 0.1) is 13.5 Å². The number of nitrogens with zero attached hydrogens (tertiary/aromatic N) is 3. The van der Waals surface area contributed by atoms with E-state index in [2.05, 4.69) is 15.2 Å². The lowest BCUT2D eigenvalue weighted by Gasteiger charge is -2.36. The van der Waals surface area contributed by atoms with E-state index in [1.54, 1.807) is 14.2 Å². The Bertz CT molecular complexity index is 852. The summed E-state index contributed by atoms with van der Waals surface area (Å²) in [6.07, 6.45) is 0.380. The van der Waals surface area contributed by atoms with Crippen molar-refractivity contribution in [1.82, 2.24) is 15.1 Å². The normalized spacial score (nSPS) is 14.2. The lowest BCUT2D eigenvalue weighted by Crippen LogP contribution is -2.53. The van der Waals surface area contributed by atoms with E-state index in [1.165, 1.54) is 0 Å². The minimum absolute atomic E-state index is 0. The number of methoxy groups -OCH3 is 1. The molecule has 0 spiro atoms. The molecule has 1 N–H and O–H groups in total. The van der Waals surface area contributed by atoms with Crippen LogP contribution >= 0.6 is 35.6 Å². The fourth-order valence-corrected chi connectivity index (χ4v) is 3.57. The van der Waals surface area contributed by atoms with E-state index >= 15 is 0 Å². The fourth-order valence-electron chi connectivity index (χ4n) is 3.36. The minimum atomic E-state index is 0. The van der Waals surface area contributed by atoms with Gasteiger partial charge in [0.15, 0.2) is 5.96 Å². The van der Waals surface area contributed by atoms with Gasteiger partial charge in [-0.3, -0.25) is 9.79 Å². The van der Waals surface area contributed by atoms with Crippen molar-refractivity contribution >= 4 is 47.4 Å². The first-order valence-corrected chi connectivity index (χ1v) is 10.1. The molecule has 3 rings (SSSR count). The number of carbonyl (C=O) groups excluding carboxylic acids is 1. The lowest BCUT2D eigenvalue weighted by molar-refractivity contribution is -0.131. The Morgan fingerprint density at radius 1 is 1.07 bits per heavy atom. The SMILES string of the molecule is CN=C(NCc1ccc(OC)cc1)N1CCN(C(=O)Cc2cccc(Cl)c2)CC1.I. The molecule has 1 fully saturated rings. The van der Waals surface area contributed by atoms with Gasteiger partial charge in [-0.05, 0) is 35.4 Å². The first-order chi connectivity index (χ1) is 14.1. The molecule has 0 bridgehead atoms. The Balaban J connectivity index is 0.00000320. The summed E-state index contributed by atoms with van der Waals surface area (Å²) >= 11 is 6.02. The van der Waals surface area contributed by atoms with Crippen molar-refractivity contribution < 1.29 is 9.53 Å². The molecule has 1 aliphatic heterocycles. The van der Waals surface area contributed by atoms with E-state index in [0.717, 1.165) is 35.9 Å². The molecule has 2 aromatic rings. The van der Waals surface area contributed by atoms with E-state index in [1.807, 2.05) is 53.4 Å². The molecular weight excluding hydrogens is 515 g/mol. The molecule has 162 valence electrons. The average molecular weight is 543 g/mol. The van der Waals surface area contributed by atoms with Crippen LogP contribution in [0.15, 0.2) is 53.5 Å². The maximum absolute atomic E-state index is 12.6. The number of hydrogen-bond acceptors (Lipinski definition) is 3. The van der Waals surface area contributed by atoms with Gasteiger partial charge < -0.3 is 19.9 Å². The third-order valence-electron chi connectivity index (χ3n) is 5.00. The topological polar surface area (TPSA) is 57.2 Å². The Morgan fingerprint density at radius 3 is 2.33 bits per heavy atom. The van der Waals surface area contributed by atoms with Gasteiger partial charge in [-0.15, -0.1) is 24.0 Å². The molecule has 1 aliphatic rings. The first-order valence-electron chi connectivity index (χ1n) is 9.70. The van der Waals surface area contributed by atoms with Crippen LogP contribution < -0.4 is 10.1 Å².